The summed E-state index contributed by atoms with van der Waals surface area (Å²) in [5, 5.41) is 0. The van der Waals surface area contributed by atoms with E-state index in [4.69, 9.17) is 4.74 Å². The Balaban J connectivity index is 1.77. The predicted molar refractivity (Wildman–Crippen MR) is 117 cm³/mol. The number of aryl methyl sites for hydroxylation is 1. The molecule has 0 radical (unpaired) electrons. The van der Waals surface area contributed by atoms with E-state index in [2.05, 4.69) is 6.92 Å². The second kappa shape index (κ2) is 9.81. The van der Waals surface area contributed by atoms with Gasteiger partial charge in [0.15, 0.2) is 6.10 Å². The van der Waals surface area contributed by atoms with Crippen molar-refractivity contribution in [3.8, 4) is 11.1 Å². The van der Waals surface area contributed by atoms with Crippen LogP contribution in [0.2, 0.25) is 0 Å². The van der Waals surface area contributed by atoms with Gasteiger partial charge in [-0.25, -0.2) is 4.79 Å². The Kier molecular flexibility index (Phi) is 7.13. The fraction of sp³-hybridized carbons (Fsp3) is 0.231. The van der Waals surface area contributed by atoms with Crippen molar-refractivity contribution in [1.82, 2.24) is 0 Å². The normalized spacial score (nSPS) is 12.3. The lowest BCUT2D eigenvalue weighted by Crippen LogP contribution is -2.24. The van der Waals surface area contributed by atoms with E-state index in [1.54, 1.807) is 30.3 Å². The Labute approximate surface area is 184 Å². The molecule has 0 N–H and O–H groups in total. The van der Waals surface area contributed by atoms with Gasteiger partial charge in [-0.2, -0.15) is 13.2 Å². The number of carbonyl (C=O) groups excluding carboxylic acids is 2. The minimum atomic E-state index is -4.44. The standard InChI is InChI=1S/C26H23F3O3/c1-3-6-18-9-11-20(12-10-18)24(30)17(2)32-25(31)23-8-5-4-7-22(23)19-13-15-21(16-14-19)26(27,28)29/h4-5,7-17H,3,6H2,1-2H3/t17-/m0/s1. The highest BCUT2D eigenvalue weighted by Gasteiger charge is 2.30. The quantitative estimate of drug-likeness (QED) is 0.301. The van der Waals surface area contributed by atoms with Gasteiger partial charge in [0.25, 0.3) is 0 Å². The molecule has 0 aliphatic rings. The Morgan fingerprint density at radius 3 is 2.12 bits per heavy atom. The van der Waals surface area contributed by atoms with Gasteiger partial charge in [-0.3, -0.25) is 4.79 Å². The van der Waals surface area contributed by atoms with Gasteiger partial charge in [-0.1, -0.05) is 67.9 Å². The van der Waals surface area contributed by atoms with E-state index in [9.17, 15) is 22.8 Å². The molecule has 3 aromatic rings. The molecule has 0 saturated heterocycles. The van der Waals surface area contributed by atoms with Crippen molar-refractivity contribution in [2.24, 2.45) is 0 Å². The zero-order chi connectivity index (χ0) is 23.3. The molecule has 3 nitrogen and oxygen atoms in total. The molecule has 0 saturated carbocycles. The summed E-state index contributed by atoms with van der Waals surface area (Å²) >= 11 is 0. The van der Waals surface area contributed by atoms with Crippen LogP contribution < -0.4 is 0 Å². The van der Waals surface area contributed by atoms with E-state index < -0.39 is 23.8 Å². The Bertz CT molecular complexity index is 1080. The Hall–Kier alpha value is -3.41. The number of rotatable bonds is 7. The zero-order valence-corrected chi connectivity index (χ0v) is 17.8. The maximum absolute atomic E-state index is 12.8. The van der Waals surface area contributed by atoms with Gasteiger partial charge in [-0.15, -0.1) is 0 Å². The average Bonchev–Trinajstić information content (AvgIpc) is 2.79. The molecule has 0 aliphatic carbocycles. The molecule has 166 valence electrons. The fourth-order valence-electron chi connectivity index (χ4n) is 3.39. The highest BCUT2D eigenvalue weighted by Crippen LogP contribution is 2.32. The van der Waals surface area contributed by atoms with E-state index in [0.717, 1.165) is 30.5 Å². The van der Waals surface area contributed by atoms with Gasteiger partial charge in [-0.05, 0) is 48.2 Å². The largest absolute Gasteiger partial charge is 0.451 e. The first-order chi connectivity index (χ1) is 15.2. The van der Waals surface area contributed by atoms with Crippen LogP contribution in [0, 0.1) is 0 Å². The van der Waals surface area contributed by atoms with Crippen LogP contribution in [0.5, 0.6) is 0 Å². The lowest BCUT2D eigenvalue weighted by Gasteiger charge is -2.15. The van der Waals surface area contributed by atoms with Crippen LogP contribution in [0.25, 0.3) is 11.1 Å². The molecule has 0 fully saturated rings. The van der Waals surface area contributed by atoms with Crippen molar-refractivity contribution in [2.45, 2.75) is 39.0 Å². The predicted octanol–water partition coefficient (Wildman–Crippen LogP) is 6.75. The zero-order valence-electron chi connectivity index (χ0n) is 17.8. The lowest BCUT2D eigenvalue weighted by atomic mass is 9.98. The first-order valence-electron chi connectivity index (χ1n) is 10.3. The van der Waals surface area contributed by atoms with Gasteiger partial charge in [0.2, 0.25) is 5.78 Å². The minimum Gasteiger partial charge on any atom is -0.451 e. The molecule has 32 heavy (non-hydrogen) atoms. The van der Waals surface area contributed by atoms with Gasteiger partial charge >= 0.3 is 12.1 Å². The first kappa shape index (κ1) is 23.3. The van der Waals surface area contributed by atoms with Crippen LogP contribution in [0.4, 0.5) is 13.2 Å². The van der Waals surface area contributed by atoms with Gasteiger partial charge < -0.3 is 4.74 Å². The van der Waals surface area contributed by atoms with Gasteiger partial charge in [0, 0.05) is 5.56 Å². The molecule has 1 atom stereocenters. The molecule has 0 unspecified atom stereocenters. The average molecular weight is 440 g/mol. The van der Waals surface area contributed by atoms with Crippen LogP contribution >= 0.6 is 0 Å². The van der Waals surface area contributed by atoms with Crippen LogP contribution in [-0.4, -0.2) is 17.9 Å². The van der Waals surface area contributed by atoms with Crippen molar-refractivity contribution >= 4 is 11.8 Å². The lowest BCUT2D eigenvalue weighted by molar-refractivity contribution is -0.137. The summed E-state index contributed by atoms with van der Waals surface area (Å²) in [4.78, 5) is 25.5. The van der Waals surface area contributed by atoms with E-state index >= 15 is 0 Å². The van der Waals surface area contributed by atoms with Gasteiger partial charge in [0.05, 0.1) is 11.1 Å². The summed E-state index contributed by atoms with van der Waals surface area (Å²) in [7, 11) is 0. The van der Waals surface area contributed by atoms with Crippen LogP contribution in [0.3, 0.4) is 0 Å². The molecular formula is C26H23F3O3. The highest BCUT2D eigenvalue weighted by molar-refractivity contribution is 6.03. The van der Waals surface area contributed by atoms with Gasteiger partial charge in [0.1, 0.15) is 0 Å². The SMILES string of the molecule is CCCc1ccc(C(=O)[C@H](C)OC(=O)c2ccccc2-c2ccc(C(F)(F)F)cc2)cc1. The molecular weight excluding hydrogens is 417 g/mol. The van der Waals surface area contributed by atoms with E-state index in [1.165, 1.54) is 25.1 Å². The number of hydrogen-bond donors (Lipinski definition) is 0. The number of hydrogen-bond acceptors (Lipinski definition) is 3. The number of carbonyl (C=O) groups is 2. The number of halogens is 3. The molecule has 6 heteroatoms. The third kappa shape index (κ3) is 5.44. The van der Waals surface area contributed by atoms with Crippen LogP contribution in [0.15, 0.2) is 72.8 Å². The Morgan fingerprint density at radius 1 is 0.906 bits per heavy atom. The molecule has 0 heterocycles. The number of alkyl halides is 3. The summed E-state index contributed by atoms with van der Waals surface area (Å²) in [6, 6.07) is 18.2. The van der Waals surface area contributed by atoms with Crippen LogP contribution in [-0.2, 0) is 17.3 Å². The summed E-state index contributed by atoms with van der Waals surface area (Å²) in [5.74, 6) is -1.04. The van der Waals surface area contributed by atoms with Crippen molar-refractivity contribution in [2.75, 3.05) is 0 Å². The van der Waals surface area contributed by atoms with Crippen molar-refractivity contribution < 1.29 is 27.5 Å². The number of benzene rings is 3. The molecule has 3 aromatic carbocycles. The fourth-order valence-corrected chi connectivity index (χ4v) is 3.39. The maximum atomic E-state index is 12.8. The highest BCUT2D eigenvalue weighted by atomic mass is 19.4. The van der Waals surface area contributed by atoms with Crippen molar-refractivity contribution in [3.63, 3.8) is 0 Å². The summed E-state index contributed by atoms with van der Waals surface area (Å²) in [6.45, 7) is 3.57. The maximum Gasteiger partial charge on any atom is 0.416 e. The number of Topliss-reactive ketones (excluding diaryl/α,β-unsaturated/α-hetero) is 1. The smallest absolute Gasteiger partial charge is 0.416 e. The van der Waals surface area contributed by atoms with Crippen molar-refractivity contribution in [3.05, 3.63) is 95.1 Å². The minimum absolute atomic E-state index is 0.171. The molecule has 0 aromatic heterocycles. The molecule has 0 bridgehead atoms. The number of ether oxygens (including phenoxy) is 1. The molecule has 0 aliphatic heterocycles. The topological polar surface area (TPSA) is 43.4 Å². The summed E-state index contributed by atoms with van der Waals surface area (Å²) < 4.78 is 43.9. The second-order valence-corrected chi connectivity index (χ2v) is 7.48. The second-order valence-electron chi connectivity index (χ2n) is 7.48. The van der Waals surface area contributed by atoms with Crippen molar-refractivity contribution in [1.29, 1.82) is 0 Å². The third-order valence-electron chi connectivity index (χ3n) is 5.10. The molecule has 0 amide bonds. The molecule has 0 spiro atoms. The summed E-state index contributed by atoms with van der Waals surface area (Å²) in [5.41, 5.74) is 1.84. The monoisotopic (exact) mass is 440 g/mol. The number of ketones is 1. The third-order valence-corrected chi connectivity index (χ3v) is 5.10. The van der Waals surface area contributed by atoms with Crippen LogP contribution in [0.1, 0.15) is 52.1 Å². The van der Waals surface area contributed by atoms with E-state index in [0.29, 0.717) is 16.7 Å². The molecule has 3 rings (SSSR count). The number of esters is 1. The van der Waals surface area contributed by atoms with E-state index in [-0.39, 0.29) is 11.3 Å². The summed E-state index contributed by atoms with van der Waals surface area (Å²) in [6.07, 6.45) is -3.54. The first-order valence-corrected chi connectivity index (χ1v) is 10.3. The Morgan fingerprint density at radius 2 is 1.53 bits per heavy atom. The van der Waals surface area contributed by atoms with E-state index in [1.807, 2.05) is 12.1 Å².